The second kappa shape index (κ2) is 9.37. The molecule has 1 saturated heterocycles. The summed E-state index contributed by atoms with van der Waals surface area (Å²) in [5.74, 6) is -0.0330. The molecule has 0 saturated carbocycles. The number of hydrogen-bond acceptors (Lipinski definition) is 4. The molecule has 3 atom stereocenters. The van der Waals surface area contributed by atoms with E-state index in [9.17, 15) is 9.59 Å². The first-order valence-electron chi connectivity index (χ1n) is 9.58. The molecule has 148 valence electrons. The summed E-state index contributed by atoms with van der Waals surface area (Å²) in [5.41, 5.74) is 6.71. The Morgan fingerprint density at radius 3 is 2.54 bits per heavy atom. The Labute approximate surface area is 165 Å². The summed E-state index contributed by atoms with van der Waals surface area (Å²) in [6, 6.07) is 16.7. The SMILES string of the molecule is CC[C@@H]1C[C@H](NC(=O)c2ccccc2)C[C@H](c2ccccc2OCC(N)=O)O1. The van der Waals surface area contributed by atoms with E-state index in [1.807, 2.05) is 36.4 Å². The van der Waals surface area contributed by atoms with Crippen molar-refractivity contribution >= 4 is 11.8 Å². The molecule has 6 heteroatoms. The zero-order chi connectivity index (χ0) is 19.9. The summed E-state index contributed by atoms with van der Waals surface area (Å²) in [5, 5.41) is 3.14. The van der Waals surface area contributed by atoms with Crippen LogP contribution in [0.1, 0.15) is 48.2 Å². The summed E-state index contributed by atoms with van der Waals surface area (Å²) in [6.45, 7) is 1.88. The molecule has 0 unspecified atom stereocenters. The van der Waals surface area contributed by atoms with E-state index in [0.29, 0.717) is 17.7 Å². The maximum absolute atomic E-state index is 12.6. The lowest BCUT2D eigenvalue weighted by Crippen LogP contribution is -2.43. The van der Waals surface area contributed by atoms with Crippen LogP contribution in [0, 0.1) is 0 Å². The quantitative estimate of drug-likeness (QED) is 0.770. The molecule has 1 aliphatic heterocycles. The second-order valence-corrected chi connectivity index (χ2v) is 6.96. The minimum absolute atomic E-state index is 0.0133. The highest BCUT2D eigenvalue weighted by Gasteiger charge is 2.32. The molecule has 3 N–H and O–H groups in total. The van der Waals surface area contributed by atoms with Gasteiger partial charge in [0.05, 0.1) is 12.2 Å². The average Bonchev–Trinajstić information content (AvgIpc) is 2.72. The van der Waals surface area contributed by atoms with Crippen LogP contribution in [-0.4, -0.2) is 30.6 Å². The summed E-state index contributed by atoms with van der Waals surface area (Å²) in [7, 11) is 0. The topological polar surface area (TPSA) is 90.6 Å². The molecule has 2 amide bonds. The van der Waals surface area contributed by atoms with Crippen molar-refractivity contribution in [1.82, 2.24) is 5.32 Å². The second-order valence-electron chi connectivity index (χ2n) is 6.96. The van der Waals surface area contributed by atoms with Crippen LogP contribution in [0.5, 0.6) is 5.75 Å². The molecule has 0 bridgehead atoms. The summed E-state index contributed by atoms with van der Waals surface area (Å²) in [4.78, 5) is 23.7. The smallest absolute Gasteiger partial charge is 0.255 e. The highest BCUT2D eigenvalue weighted by Crippen LogP contribution is 2.37. The molecular formula is C22H26N2O4. The molecule has 6 nitrogen and oxygen atoms in total. The van der Waals surface area contributed by atoms with E-state index in [4.69, 9.17) is 15.2 Å². The summed E-state index contributed by atoms with van der Waals surface area (Å²) < 4.78 is 11.8. The fourth-order valence-electron chi connectivity index (χ4n) is 3.48. The number of hydrogen-bond donors (Lipinski definition) is 2. The van der Waals surface area contributed by atoms with Gasteiger partial charge in [-0.15, -0.1) is 0 Å². The Hall–Kier alpha value is -2.86. The number of nitrogens with two attached hydrogens (primary N) is 1. The van der Waals surface area contributed by atoms with Gasteiger partial charge in [0.1, 0.15) is 5.75 Å². The first kappa shape index (κ1) is 19.9. The van der Waals surface area contributed by atoms with Crippen molar-refractivity contribution in [1.29, 1.82) is 0 Å². The van der Waals surface area contributed by atoms with Gasteiger partial charge in [0, 0.05) is 17.2 Å². The number of nitrogens with one attached hydrogen (secondary N) is 1. The Bertz CT molecular complexity index is 809. The number of benzene rings is 2. The van der Waals surface area contributed by atoms with Gasteiger partial charge < -0.3 is 20.5 Å². The molecule has 0 aliphatic carbocycles. The van der Waals surface area contributed by atoms with Crippen molar-refractivity contribution in [2.24, 2.45) is 5.73 Å². The lowest BCUT2D eigenvalue weighted by molar-refractivity contribution is -0.120. The minimum Gasteiger partial charge on any atom is -0.483 e. The highest BCUT2D eigenvalue weighted by atomic mass is 16.5. The van der Waals surface area contributed by atoms with Crippen LogP contribution in [0.15, 0.2) is 54.6 Å². The fraction of sp³-hybridized carbons (Fsp3) is 0.364. The number of para-hydroxylation sites is 1. The molecule has 1 heterocycles. The van der Waals surface area contributed by atoms with Crippen molar-refractivity contribution in [2.45, 2.75) is 44.4 Å². The molecular weight excluding hydrogens is 356 g/mol. The molecule has 0 spiro atoms. The first-order valence-corrected chi connectivity index (χ1v) is 9.58. The zero-order valence-electron chi connectivity index (χ0n) is 16.0. The lowest BCUT2D eigenvalue weighted by atomic mass is 9.92. The van der Waals surface area contributed by atoms with Gasteiger partial charge in [-0.3, -0.25) is 9.59 Å². The van der Waals surface area contributed by atoms with Gasteiger partial charge in [-0.1, -0.05) is 43.3 Å². The van der Waals surface area contributed by atoms with Crippen LogP contribution in [0.3, 0.4) is 0 Å². The normalized spacial score (nSPS) is 21.7. The monoisotopic (exact) mass is 382 g/mol. The van der Waals surface area contributed by atoms with E-state index in [1.54, 1.807) is 18.2 Å². The first-order chi connectivity index (χ1) is 13.6. The predicted molar refractivity (Wildman–Crippen MR) is 106 cm³/mol. The van der Waals surface area contributed by atoms with Crippen LogP contribution >= 0.6 is 0 Å². The molecule has 1 fully saturated rings. The maximum Gasteiger partial charge on any atom is 0.255 e. The van der Waals surface area contributed by atoms with Crippen molar-refractivity contribution in [3.63, 3.8) is 0 Å². The number of ether oxygens (including phenoxy) is 2. The maximum atomic E-state index is 12.6. The highest BCUT2D eigenvalue weighted by molar-refractivity contribution is 5.94. The van der Waals surface area contributed by atoms with E-state index in [0.717, 1.165) is 18.4 Å². The number of carbonyl (C=O) groups excluding carboxylic acids is 2. The molecule has 2 aromatic carbocycles. The molecule has 2 aromatic rings. The Morgan fingerprint density at radius 1 is 1.11 bits per heavy atom. The van der Waals surface area contributed by atoms with Gasteiger partial charge in [0.2, 0.25) is 0 Å². The van der Waals surface area contributed by atoms with E-state index in [-0.39, 0.29) is 30.8 Å². The summed E-state index contributed by atoms with van der Waals surface area (Å²) >= 11 is 0. The molecule has 0 aromatic heterocycles. The van der Waals surface area contributed by atoms with Gasteiger partial charge in [-0.25, -0.2) is 0 Å². The van der Waals surface area contributed by atoms with Crippen molar-refractivity contribution < 1.29 is 19.1 Å². The zero-order valence-corrected chi connectivity index (χ0v) is 16.0. The van der Waals surface area contributed by atoms with Crippen molar-refractivity contribution in [2.75, 3.05) is 6.61 Å². The van der Waals surface area contributed by atoms with Gasteiger partial charge in [0.25, 0.3) is 11.8 Å². The third kappa shape index (κ3) is 5.10. The number of amides is 2. The Balaban J connectivity index is 1.75. The van der Waals surface area contributed by atoms with Crippen LogP contribution in [0.25, 0.3) is 0 Å². The average molecular weight is 382 g/mol. The van der Waals surface area contributed by atoms with Gasteiger partial charge in [-0.2, -0.15) is 0 Å². The van der Waals surface area contributed by atoms with Crippen LogP contribution < -0.4 is 15.8 Å². The third-order valence-electron chi connectivity index (χ3n) is 4.87. The van der Waals surface area contributed by atoms with E-state index < -0.39 is 5.91 Å². The van der Waals surface area contributed by atoms with Crippen LogP contribution in [0.4, 0.5) is 0 Å². The van der Waals surface area contributed by atoms with Crippen LogP contribution in [0.2, 0.25) is 0 Å². The Morgan fingerprint density at radius 2 is 1.82 bits per heavy atom. The molecule has 3 rings (SSSR count). The fourth-order valence-corrected chi connectivity index (χ4v) is 3.48. The lowest BCUT2D eigenvalue weighted by Gasteiger charge is -2.36. The van der Waals surface area contributed by atoms with Gasteiger partial charge in [0.15, 0.2) is 6.61 Å². The largest absolute Gasteiger partial charge is 0.483 e. The van der Waals surface area contributed by atoms with E-state index in [1.165, 1.54) is 0 Å². The predicted octanol–water partition coefficient (Wildman–Crippen LogP) is 2.98. The number of rotatable bonds is 7. The van der Waals surface area contributed by atoms with Crippen molar-refractivity contribution in [3.05, 3.63) is 65.7 Å². The van der Waals surface area contributed by atoms with E-state index in [2.05, 4.69) is 12.2 Å². The molecule has 28 heavy (non-hydrogen) atoms. The Kier molecular flexibility index (Phi) is 6.66. The summed E-state index contributed by atoms with van der Waals surface area (Å²) in [6.07, 6.45) is 2.04. The number of primary amides is 1. The minimum atomic E-state index is -0.529. The van der Waals surface area contributed by atoms with Crippen molar-refractivity contribution in [3.8, 4) is 5.75 Å². The molecule has 0 radical (unpaired) electrons. The van der Waals surface area contributed by atoms with Gasteiger partial charge >= 0.3 is 0 Å². The standard InChI is InChI=1S/C22H26N2O4/c1-2-17-12-16(24-22(26)15-8-4-3-5-9-15)13-20(28-17)18-10-6-7-11-19(18)27-14-21(23)25/h3-11,16-17,20H,2,12-14H2,1H3,(H2,23,25)(H,24,26)/t16-,17+,20+/m0/s1. The number of carbonyl (C=O) groups is 2. The van der Waals surface area contributed by atoms with Crippen LogP contribution in [-0.2, 0) is 9.53 Å². The van der Waals surface area contributed by atoms with E-state index >= 15 is 0 Å². The molecule has 1 aliphatic rings. The third-order valence-corrected chi connectivity index (χ3v) is 4.87. The van der Waals surface area contributed by atoms with Gasteiger partial charge in [-0.05, 0) is 37.5 Å².